The number of hydrogen-bond acceptors (Lipinski definition) is 6. The average Bonchev–Trinajstić information content (AvgIpc) is 3.20. The van der Waals surface area contributed by atoms with Gasteiger partial charge in [0.25, 0.3) is 5.91 Å². The highest BCUT2D eigenvalue weighted by atomic mass is 32.2. The van der Waals surface area contributed by atoms with Crippen molar-refractivity contribution in [3.05, 3.63) is 41.0 Å². The second-order valence-electron chi connectivity index (χ2n) is 8.86. The van der Waals surface area contributed by atoms with Crippen LogP contribution >= 0.6 is 0 Å². The van der Waals surface area contributed by atoms with Crippen LogP contribution in [0, 0.1) is 17.2 Å². The Kier molecular flexibility index (Phi) is 7.03. The van der Waals surface area contributed by atoms with Crippen LogP contribution in [0.3, 0.4) is 0 Å². The van der Waals surface area contributed by atoms with E-state index in [1.807, 2.05) is 19.9 Å². The summed E-state index contributed by atoms with van der Waals surface area (Å²) in [5.74, 6) is 0.153. The third kappa shape index (κ3) is 5.61. The Labute approximate surface area is 206 Å². The Morgan fingerprint density at radius 2 is 2.06 bits per heavy atom. The molecule has 184 valence electrons. The maximum Gasteiger partial charge on any atom is 0.272 e. The second kappa shape index (κ2) is 11.0. The van der Waals surface area contributed by atoms with Crippen LogP contribution in [0.5, 0.6) is 5.75 Å². The first-order valence-corrected chi connectivity index (χ1v) is 13.6. The lowest BCUT2D eigenvalue weighted by atomic mass is 9.89. The van der Waals surface area contributed by atoms with Crippen molar-refractivity contribution >= 4 is 15.7 Å². The van der Waals surface area contributed by atoms with Crippen LogP contribution in [0.15, 0.2) is 18.2 Å². The molecule has 1 aromatic heterocycles. The summed E-state index contributed by atoms with van der Waals surface area (Å²) in [6.45, 7) is 4.20. The molecule has 1 aliphatic carbocycles. The number of carbonyl (C=O) groups excluding carboxylic acids is 1. The smallest absolute Gasteiger partial charge is 0.272 e. The zero-order valence-electron chi connectivity index (χ0n) is 22.9. The topological polar surface area (TPSA) is 114 Å². The summed E-state index contributed by atoms with van der Waals surface area (Å²) in [5, 5.41) is 12.5. The summed E-state index contributed by atoms with van der Waals surface area (Å²) in [4.78, 5) is 17.5. The number of nitrogens with one attached hydrogen (secondary N) is 1. The SMILES string of the molecule is [2H]C([2H])([2H])Oc1cc(CCC)ccc1-n1c(CC)nc(C(=O)NCC2CCC(S(C)(=O)=O)CC2)c1C#N. The number of nitrogens with zero attached hydrogens (tertiary/aromatic N) is 3. The van der Waals surface area contributed by atoms with Crippen LogP contribution in [0.25, 0.3) is 5.69 Å². The third-order valence-electron chi connectivity index (χ3n) is 6.45. The van der Waals surface area contributed by atoms with Crippen molar-refractivity contribution in [1.29, 1.82) is 5.26 Å². The predicted octanol–water partition coefficient (Wildman–Crippen LogP) is 3.60. The first-order chi connectivity index (χ1) is 17.4. The van der Waals surface area contributed by atoms with Crippen molar-refractivity contribution in [2.24, 2.45) is 5.92 Å². The lowest BCUT2D eigenvalue weighted by Crippen LogP contribution is -2.34. The molecule has 0 radical (unpaired) electrons. The molecule has 0 unspecified atom stereocenters. The molecule has 1 heterocycles. The number of nitriles is 1. The number of hydrogen-bond donors (Lipinski definition) is 1. The predicted molar refractivity (Wildman–Crippen MR) is 131 cm³/mol. The monoisotopic (exact) mass is 489 g/mol. The quantitative estimate of drug-likeness (QED) is 0.576. The van der Waals surface area contributed by atoms with Gasteiger partial charge >= 0.3 is 0 Å². The van der Waals surface area contributed by atoms with E-state index in [0.717, 1.165) is 18.4 Å². The number of sulfone groups is 1. The van der Waals surface area contributed by atoms with Crippen molar-refractivity contribution in [3.63, 3.8) is 0 Å². The van der Waals surface area contributed by atoms with E-state index in [0.29, 0.717) is 50.2 Å². The zero-order valence-corrected chi connectivity index (χ0v) is 20.7. The van der Waals surface area contributed by atoms with Crippen LogP contribution < -0.4 is 10.1 Å². The van der Waals surface area contributed by atoms with Gasteiger partial charge in [-0.25, -0.2) is 13.4 Å². The molecule has 8 nitrogen and oxygen atoms in total. The first-order valence-electron chi connectivity index (χ1n) is 13.2. The Morgan fingerprint density at radius 3 is 2.65 bits per heavy atom. The number of ether oxygens (including phenoxy) is 1. The van der Waals surface area contributed by atoms with Crippen molar-refractivity contribution in [1.82, 2.24) is 14.9 Å². The summed E-state index contributed by atoms with van der Waals surface area (Å²) in [6, 6.07) is 7.25. The highest BCUT2D eigenvalue weighted by Crippen LogP contribution is 2.30. The Balaban J connectivity index is 1.89. The Morgan fingerprint density at radius 1 is 1.32 bits per heavy atom. The minimum absolute atomic E-state index is 0.00577. The van der Waals surface area contributed by atoms with E-state index in [1.54, 1.807) is 12.1 Å². The van der Waals surface area contributed by atoms with Gasteiger partial charge in [0.15, 0.2) is 11.4 Å². The average molecular weight is 490 g/mol. The van der Waals surface area contributed by atoms with Gasteiger partial charge in [-0.1, -0.05) is 26.3 Å². The number of amides is 1. The summed E-state index contributed by atoms with van der Waals surface area (Å²) in [6.07, 6.45) is 5.76. The fraction of sp³-hybridized carbons (Fsp3) is 0.560. The molecule has 0 atom stereocenters. The van der Waals surface area contributed by atoms with Gasteiger partial charge in [0.1, 0.15) is 27.5 Å². The Hall–Kier alpha value is -2.86. The lowest BCUT2D eigenvalue weighted by molar-refractivity contribution is 0.0938. The molecule has 9 heteroatoms. The van der Waals surface area contributed by atoms with Gasteiger partial charge in [-0.2, -0.15) is 5.26 Å². The normalized spacial score (nSPS) is 20.0. The third-order valence-corrected chi connectivity index (χ3v) is 8.13. The second-order valence-corrected chi connectivity index (χ2v) is 11.2. The molecule has 1 aliphatic rings. The highest BCUT2D eigenvalue weighted by Gasteiger charge is 2.29. The number of aromatic nitrogens is 2. The minimum atomic E-state index is -3.07. The van der Waals surface area contributed by atoms with Gasteiger partial charge in [-0.15, -0.1) is 0 Å². The van der Waals surface area contributed by atoms with Gasteiger partial charge in [-0.05, 0) is 55.7 Å². The van der Waals surface area contributed by atoms with E-state index < -0.39 is 22.8 Å². The van der Waals surface area contributed by atoms with Gasteiger partial charge in [-0.3, -0.25) is 9.36 Å². The lowest BCUT2D eigenvalue weighted by Gasteiger charge is -2.27. The van der Waals surface area contributed by atoms with E-state index in [-0.39, 0.29) is 28.3 Å². The molecular formula is C25H34N4O4S. The van der Waals surface area contributed by atoms with Gasteiger partial charge in [0, 0.05) is 19.2 Å². The maximum atomic E-state index is 13.1. The fourth-order valence-electron chi connectivity index (χ4n) is 4.58. The van der Waals surface area contributed by atoms with Gasteiger partial charge < -0.3 is 10.1 Å². The summed E-state index contributed by atoms with van der Waals surface area (Å²) in [7, 11) is -5.77. The molecule has 0 bridgehead atoms. The zero-order chi connectivity index (χ0) is 27.4. The Bertz CT molecular complexity index is 1270. The molecule has 1 fully saturated rings. The number of aryl methyl sites for hydroxylation is 2. The van der Waals surface area contributed by atoms with E-state index in [4.69, 9.17) is 8.85 Å². The molecule has 1 amide bonds. The summed E-state index contributed by atoms with van der Waals surface area (Å²) >= 11 is 0. The van der Waals surface area contributed by atoms with Crippen LogP contribution in [-0.2, 0) is 22.7 Å². The van der Waals surface area contributed by atoms with Crippen LogP contribution in [0.4, 0.5) is 0 Å². The highest BCUT2D eigenvalue weighted by molar-refractivity contribution is 7.91. The standard InChI is InChI=1S/C25H34N4O4S/c1-5-7-17-10-13-20(22(14-17)33-3)29-21(15-26)24(28-23(29)6-2)25(30)27-16-18-8-11-19(12-9-18)34(4,31)32/h10,13-14,18-19H,5-9,11-12,16H2,1-4H3,(H,27,30)/i3D3. The van der Waals surface area contributed by atoms with Gasteiger partial charge in [0.05, 0.1) is 22.1 Å². The van der Waals surface area contributed by atoms with Crippen LogP contribution in [0.2, 0.25) is 0 Å². The van der Waals surface area contributed by atoms with Crippen LogP contribution in [0.1, 0.15) is 77.6 Å². The molecule has 0 spiro atoms. The molecule has 2 aromatic rings. The number of rotatable bonds is 9. The van der Waals surface area contributed by atoms with E-state index in [1.165, 1.54) is 10.8 Å². The molecule has 0 saturated heterocycles. The van der Waals surface area contributed by atoms with Crippen molar-refractivity contribution in [2.75, 3.05) is 19.8 Å². The summed E-state index contributed by atoms with van der Waals surface area (Å²) < 4.78 is 53.2. The van der Waals surface area contributed by atoms with Crippen LogP contribution in [-0.4, -0.2) is 49.0 Å². The molecule has 3 rings (SSSR count). The first kappa shape index (κ1) is 21.7. The summed E-state index contributed by atoms with van der Waals surface area (Å²) in [5.41, 5.74) is 1.18. The van der Waals surface area contributed by atoms with Crippen molar-refractivity contribution in [2.45, 2.75) is 64.0 Å². The van der Waals surface area contributed by atoms with E-state index >= 15 is 0 Å². The number of benzene rings is 1. The molecule has 1 aromatic carbocycles. The number of imidazole rings is 1. The van der Waals surface area contributed by atoms with Crippen molar-refractivity contribution in [3.8, 4) is 17.5 Å². The molecule has 0 aliphatic heterocycles. The maximum absolute atomic E-state index is 13.1. The molecular weight excluding hydrogens is 452 g/mol. The van der Waals surface area contributed by atoms with Crippen molar-refractivity contribution < 1.29 is 22.1 Å². The largest absolute Gasteiger partial charge is 0.495 e. The van der Waals surface area contributed by atoms with E-state index in [9.17, 15) is 18.5 Å². The number of carbonyl (C=O) groups is 1. The number of methoxy groups -OCH3 is 1. The van der Waals surface area contributed by atoms with Gasteiger partial charge in [0.2, 0.25) is 0 Å². The molecule has 1 saturated carbocycles. The molecule has 34 heavy (non-hydrogen) atoms. The fourth-order valence-corrected chi connectivity index (χ4v) is 5.71. The minimum Gasteiger partial charge on any atom is -0.495 e. The van der Waals surface area contributed by atoms with E-state index in [2.05, 4.69) is 16.4 Å². The molecule has 1 N–H and O–H groups in total.